The van der Waals surface area contributed by atoms with Gasteiger partial charge in [0.05, 0.1) is 15.5 Å². The van der Waals surface area contributed by atoms with Crippen molar-refractivity contribution >= 4 is 33.5 Å². The predicted octanol–water partition coefficient (Wildman–Crippen LogP) is 4.37. The molecule has 1 aromatic heterocycles. The molecule has 0 spiro atoms. The third-order valence-electron chi connectivity index (χ3n) is 3.17. The molecule has 1 N–H and O–H groups in total. The van der Waals surface area contributed by atoms with Gasteiger partial charge in [-0.05, 0) is 6.07 Å². The molecule has 9 heteroatoms. The van der Waals surface area contributed by atoms with Crippen molar-refractivity contribution in [1.82, 2.24) is 4.98 Å². The van der Waals surface area contributed by atoms with Crippen LogP contribution in [0.2, 0.25) is 0 Å². The molecule has 0 aliphatic carbocycles. The average molecular weight is 342 g/mol. The second kappa shape index (κ2) is 6.42. The smallest absolute Gasteiger partial charge is 0.271 e. The molecule has 0 amide bonds. The molecule has 0 aliphatic heterocycles. The normalized spacial score (nSPS) is 10.3. The van der Waals surface area contributed by atoms with Gasteiger partial charge in [0.25, 0.3) is 11.4 Å². The molecule has 0 bridgehead atoms. The van der Waals surface area contributed by atoms with E-state index in [0.717, 1.165) is 0 Å². The Morgan fingerprint density at radius 2 is 1.62 bits per heavy atom. The number of nitro groups is 2. The largest absolute Gasteiger partial charge is 0.331 e. The third-order valence-corrected chi connectivity index (χ3v) is 3.92. The van der Waals surface area contributed by atoms with Crippen molar-refractivity contribution in [3.63, 3.8) is 0 Å². The van der Waals surface area contributed by atoms with E-state index in [9.17, 15) is 20.2 Å². The number of nitrogens with zero attached hydrogens (tertiary/aromatic N) is 3. The Morgan fingerprint density at radius 1 is 0.958 bits per heavy atom. The lowest BCUT2D eigenvalue weighted by atomic mass is 10.1. The zero-order valence-electron chi connectivity index (χ0n) is 12.1. The summed E-state index contributed by atoms with van der Waals surface area (Å²) in [4.78, 5) is 25.1. The average Bonchev–Trinajstić information content (AvgIpc) is 3.03. The zero-order chi connectivity index (χ0) is 17.1. The van der Waals surface area contributed by atoms with Crippen LogP contribution in [0.5, 0.6) is 0 Å². The SMILES string of the molecule is O=[N+]([O-])c1cccc(Nc2nc(-c3cccc([N+](=O)[O-])c3)cs2)c1. The highest BCUT2D eigenvalue weighted by molar-refractivity contribution is 7.14. The molecule has 0 saturated heterocycles. The maximum absolute atomic E-state index is 10.8. The fourth-order valence-corrected chi connectivity index (χ4v) is 2.80. The van der Waals surface area contributed by atoms with Crippen molar-refractivity contribution in [2.75, 3.05) is 5.32 Å². The lowest BCUT2D eigenvalue weighted by molar-refractivity contribution is -0.385. The molecule has 0 saturated carbocycles. The van der Waals surface area contributed by atoms with Crippen molar-refractivity contribution in [2.45, 2.75) is 0 Å². The van der Waals surface area contributed by atoms with Crippen LogP contribution in [0.3, 0.4) is 0 Å². The third kappa shape index (κ3) is 3.36. The van der Waals surface area contributed by atoms with Crippen LogP contribution >= 0.6 is 11.3 Å². The molecule has 0 atom stereocenters. The monoisotopic (exact) mass is 342 g/mol. The second-order valence-electron chi connectivity index (χ2n) is 4.78. The molecule has 3 aromatic rings. The molecule has 8 nitrogen and oxygen atoms in total. The highest BCUT2D eigenvalue weighted by Gasteiger charge is 2.11. The Labute approximate surface area is 139 Å². The predicted molar refractivity (Wildman–Crippen MR) is 90.6 cm³/mol. The van der Waals surface area contributed by atoms with Gasteiger partial charge in [0.15, 0.2) is 5.13 Å². The van der Waals surface area contributed by atoms with Gasteiger partial charge in [-0.2, -0.15) is 0 Å². The molecule has 120 valence electrons. The highest BCUT2D eigenvalue weighted by Crippen LogP contribution is 2.29. The van der Waals surface area contributed by atoms with Crippen LogP contribution in [0.15, 0.2) is 53.9 Å². The molecular weight excluding hydrogens is 332 g/mol. The summed E-state index contributed by atoms with van der Waals surface area (Å²) < 4.78 is 0. The van der Waals surface area contributed by atoms with Crippen LogP contribution in [0.25, 0.3) is 11.3 Å². The number of non-ortho nitro benzene ring substituents is 2. The van der Waals surface area contributed by atoms with Crippen LogP contribution in [0.4, 0.5) is 22.2 Å². The van der Waals surface area contributed by atoms with Gasteiger partial charge in [-0.3, -0.25) is 20.2 Å². The molecule has 0 unspecified atom stereocenters. The fraction of sp³-hybridized carbons (Fsp3) is 0. The number of anilines is 2. The van der Waals surface area contributed by atoms with Crippen LogP contribution in [0, 0.1) is 20.2 Å². The summed E-state index contributed by atoms with van der Waals surface area (Å²) in [5, 5.41) is 26.9. The van der Waals surface area contributed by atoms with Gasteiger partial charge in [-0.25, -0.2) is 4.98 Å². The van der Waals surface area contributed by atoms with E-state index in [1.807, 2.05) is 0 Å². The molecular formula is C15H10N4O4S. The van der Waals surface area contributed by atoms with Gasteiger partial charge in [-0.15, -0.1) is 11.3 Å². The lowest BCUT2D eigenvalue weighted by Crippen LogP contribution is -1.92. The van der Waals surface area contributed by atoms with Crippen molar-refractivity contribution < 1.29 is 9.85 Å². The number of rotatable bonds is 5. The van der Waals surface area contributed by atoms with Crippen LogP contribution in [-0.4, -0.2) is 14.8 Å². The maximum Gasteiger partial charge on any atom is 0.271 e. The number of benzene rings is 2. The van der Waals surface area contributed by atoms with E-state index < -0.39 is 9.85 Å². The quantitative estimate of drug-likeness (QED) is 0.544. The van der Waals surface area contributed by atoms with Crippen LogP contribution < -0.4 is 5.32 Å². The minimum atomic E-state index is -0.471. The van der Waals surface area contributed by atoms with E-state index in [0.29, 0.717) is 22.1 Å². The summed E-state index contributed by atoms with van der Waals surface area (Å²) in [7, 11) is 0. The van der Waals surface area contributed by atoms with E-state index in [1.165, 1.54) is 35.6 Å². The maximum atomic E-state index is 10.8. The van der Waals surface area contributed by atoms with Gasteiger partial charge >= 0.3 is 0 Å². The summed E-state index contributed by atoms with van der Waals surface area (Å²) in [6.07, 6.45) is 0. The molecule has 0 radical (unpaired) electrons. The van der Waals surface area contributed by atoms with Crippen LogP contribution in [0.1, 0.15) is 0 Å². The number of nitrogens with one attached hydrogen (secondary N) is 1. The summed E-state index contributed by atoms with van der Waals surface area (Å²) in [6, 6.07) is 12.3. The number of aromatic nitrogens is 1. The van der Waals surface area contributed by atoms with E-state index in [1.54, 1.807) is 29.6 Å². The molecule has 24 heavy (non-hydrogen) atoms. The first-order chi connectivity index (χ1) is 11.5. The Hall–Kier alpha value is -3.33. The second-order valence-corrected chi connectivity index (χ2v) is 5.64. The van der Waals surface area contributed by atoms with Gasteiger partial charge < -0.3 is 5.32 Å². The van der Waals surface area contributed by atoms with Crippen LogP contribution in [-0.2, 0) is 0 Å². The first-order valence-electron chi connectivity index (χ1n) is 6.75. The molecule has 2 aromatic carbocycles. The minimum Gasteiger partial charge on any atom is -0.331 e. The number of hydrogen-bond acceptors (Lipinski definition) is 7. The zero-order valence-corrected chi connectivity index (χ0v) is 12.9. The number of hydrogen-bond donors (Lipinski definition) is 1. The Morgan fingerprint density at radius 3 is 2.33 bits per heavy atom. The van der Waals surface area contributed by atoms with E-state index >= 15 is 0 Å². The standard InChI is InChI=1S/C15H10N4O4S/c20-18(21)12-5-1-3-10(7-12)14-9-24-15(17-14)16-11-4-2-6-13(8-11)19(22)23/h1-9H,(H,16,17). The van der Waals surface area contributed by atoms with E-state index in [-0.39, 0.29) is 11.4 Å². The van der Waals surface area contributed by atoms with Gasteiger partial charge in [-0.1, -0.05) is 18.2 Å². The molecule has 3 rings (SSSR count). The first kappa shape index (κ1) is 15.6. The highest BCUT2D eigenvalue weighted by atomic mass is 32.1. The fourth-order valence-electron chi connectivity index (χ4n) is 2.06. The van der Waals surface area contributed by atoms with Crippen molar-refractivity contribution in [2.24, 2.45) is 0 Å². The van der Waals surface area contributed by atoms with Gasteiger partial charge in [0.2, 0.25) is 0 Å². The van der Waals surface area contributed by atoms with Gasteiger partial charge in [0.1, 0.15) is 0 Å². The Balaban J connectivity index is 1.83. The van der Waals surface area contributed by atoms with Gasteiger partial charge in [0, 0.05) is 40.9 Å². The van der Waals surface area contributed by atoms with E-state index in [4.69, 9.17) is 0 Å². The Kier molecular flexibility index (Phi) is 4.17. The summed E-state index contributed by atoms with van der Waals surface area (Å²) >= 11 is 1.31. The van der Waals surface area contributed by atoms with Crippen molar-refractivity contribution in [3.8, 4) is 11.3 Å². The van der Waals surface area contributed by atoms with Crippen molar-refractivity contribution in [3.05, 3.63) is 74.1 Å². The minimum absolute atomic E-state index is 0.00584. The Bertz CT molecular complexity index is 925. The topological polar surface area (TPSA) is 111 Å². The number of thiazole rings is 1. The molecule has 0 aliphatic rings. The summed E-state index contributed by atoms with van der Waals surface area (Å²) in [5.41, 5.74) is 1.75. The molecule has 1 heterocycles. The summed E-state index contributed by atoms with van der Waals surface area (Å²) in [5.74, 6) is 0. The number of nitro benzene ring substituents is 2. The lowest BCUT2D eigenvalue weighted by Gasteiger charge is -2.02. The first-order valence-corrected chi connectivity index (χ1v) is 7.63. The summed E-state index contributed by atoms with van der Waals surface area (Å²) in [6.45, 7) is 0. The van der Waals surface area contributed by atoms with Crippen molar-refractivity contribution in [1.29, 1.82) is 0 Å². The molecule has 0 fully saturated rings. The van der Waals surface area contributed by atoms with E-state index in [2.05, 4.69) is 10.3 Å².